The normalized spacial score (nSPS) is 17.0. The maximum atomic E-state index is 11.9. The van der Waals surface area contributed by atoms with Crippen LogP contribution in [0.3, 0.4) is 0 Å². The average Bonchev–Trinajstić information content (AvgIpc) is 3.17. The molecule has 0 radical (unpaired) electrons. The largest absolute Gasteiger partial charge is 0.381 e. The summed E-state index contributed by atoms with van der Waals surface area (Å²) in [6.45, 7) is 2.91. The lowest BCUT2D eigenvalue weighted by Crippen LogP contribution is -2.51. The third-order valence-corrected chi connectivity index (χ3v) is 5.47. The molecule has 1 aromatic heterocycles. The number of aliphatic imine (C=N–C) groups is 1. The highest BCUT2D eigenvalue weighted by atomic mass is 32.1. The highest BCUT2D eigenvalue weighted by Crippen LogP contribution is 2.23. The van der Waals surface area contributed by atoms with Gasteiger partial charge in [-0.25, -0.2) is 4.99 Å². The van der Waals surface area contributed by atoms with Crippen molar-refractivity contribution in [1.82, 2.24) is 15.5 Å². The molecule has 7 nitrogen and oxygen atoms in total. The highest BCUT2D eigenvalue weighted by Gasteiger charge is 2.32. The molecule has 1 amide bonds. The number of rotatable bonds is 8. The Bertz CT molecular complexity index is 569. The zero-order valence-electron chi connectivity index (χ0n) is 15.9. The highest BCUT2D eigenvalue weighted by molar-refractivity contribution is 7.09. The summed E-state index contributed by atoms with van der Waals surface area (Å²) in [5, 5.41) is 8.74. The van der Waals surface area contributed by atoms with E-state index in [1.807, 2.05) is 0 Å². The minimum absolute atomic E-state index is 0.0307. The summed E-state index contributed by atoms with van der Waals surface area (Å²) in [4.78, 5) is 19.2. The van der Waals surface area contributed by atoms with E-state index in [4.69, 9.17) is 9.47 Å². The van der Waals surface area contributed by atoms with Gasteiger partial charge in [0, 0.05) is 65.2 Å². The second-order valence-corrected chi connectivity index (χ2v) is 7.59. The zero-order chi connectivity index (χ0) is 18.8. The van der Waals surface area contributed by atoms with Gasteiger partial charge in [-0.3, -0.25) is 4.79 Å². The van der Waals surface area contributed by atoms with Gasteiger partial charge in [-0.1, -0.05) is 6.07 Å². The predicted molar refractivity (Wildman–Crippen MR) is 105 cm³/mol. The molecule has 1 aliphatic heterocycles. The minimum atomic E-state index is -0.250. The number of carbonyl (C=O) groups excluding carboxylic acids is 1. The van der Waals surface area contributed by atoms with Crippen LogP contribution in [0.15, 0.2) is 22.5 Å². The van der Waals surface area contributed by atoms with Gasteiger partial charge in [0.2, 0.25) is 5.91 Å². The van der Waals surface area contributed by atoms with Gasteiger partial charge in [-0.05, 0) is 17.9 Å². The number of methoxy groups -OCH3 is 1. The fourth-order valence-electron chi connectivity index (χ4n) is 2.66. The summed E-state index contributed by atoms with van der Waals surface area (Å²) in [5.74, 6) is 0.608. The van der Waals surface area contributed by atoms with Gasteiger partial charge in [0.15, 0.2) is 5.96 Å². The van der Waals surface area contributed by atoms with Crippen LogP contribution in [-0.2, 0) is 20.7 Å². The second kappa shape index (κ2) is 10.5. The van der Waals surface area contributed by atoms with Crippen LogP contribution in [0, 0.1) is 0 Å². The number of ether oxygens (including phenoxy) is 2. The number of nitrogens with one attached hydrogen (secondary N) is 2. The van der Waals surface area contributed by atoms with Crippen LogP contribution in [0.25, 0.3) is 0 Å². The van der Waals surface area contributed by atoms with Gasteiger partial charge in [-0.2, -0.15) is 0 Å². The number of carbonyl (C=O) groups is 1. The lowest BCUT2D eigenvalue weighted by atomic mass is 9.94. The molecule has 8 heteroatoms. The molecule has 26 heavy (non-hydrogen) atoms. The Hall–Kier alpha value is -1.64. The Labute approximate surface area is 159 Å². The van der Waals surface area contributed by atoms with Crippen LogP contribution in [0.5, 0.6) is 0 Å². The minimum Gasteiger partial charge on any atom is -0.381 e. The first-order valence-electron chi connectivity index (χ1n) is 8.92. The van der Waals surface area contributed by atoms with Gasteiger partial charge >= 0.3 is 0 Å². The van der Waals surface area contributed by atoms with E-state index in [0.29, 0.717) is 25.7 Å². The molecule has 2 N–H and O–H groups in total. The Balaban J connectivity index is 1.92. The van der Waals surface area contributed by atoms with Gasteiger partial charge in [-0.15, -0.1) is 11.3 Å². The van der Waals surface area contributed by atoms with Crippen molar-refractivity contribution in [2.75, 3.05) is 54.1 Å². The Kier molecular flexibility index (Phi) is 8.34. The van der Waals surface area contributed by atoms with Crippen molar-refractivity contribution in [1.29, 1.82) is 0 Å². The molecular weight excluding hydrogens is 352 g/mol. The van der Waals surface area contributed by atoms with Crippen molar-refractivity contribution < 1.29 is 14.3 Å². The van der Waals surface area contributed by atoms with Gasteiger partial charge in [0.05, 0.1) is 5.60 Å². The first kappa shape index (κ1) is 20.7. The van der Waals surface area contributed by atoms with E-state index in [1.54, 1.807) is 37.4 Å². The Morgan fingerprint density at radius 2 is 2.15 bits per heavy atom. The molecule has 0 bridgehead atoms. The Morgan fingerprint density at radius 1 is 1.38 bits per heavy atom. The number of hydrogen-bond acceptors (Lipinski definition) is 5. The van der Waals surface area contributed by atoms with Crippen molar-refractivity contribution in [3.05, 3.63) is 22.4 Å². The molecule has 0 aliphatic carbocycles. The van der Waals surface area contributed by atoms with E-state index in [2.05, 4.69) is 33.1 Å². The summed E-state index contributed by atoms with van der Waals surface area (Å²) in [7, 11) is 5.21. The van der Waals surface area contributed by atoms with Gasteiger partial charge in [0.1, 0.15) is 6.54 Å². The fourth-order valence-corrected chi connectivity index (χ4v) is 3.37. The molecule has 0 atom stereocenters. The SMILES string of the molecule is COC1(CNC(=NCC(=O)N(C)C)NCCc2cccs2)CCOCC1. The van der Waals surface area contributed by atoms with Gasteiger partial charge < -0.3 is 25.0 Å². The number of hydrogen-bond donors (Lipinski definition) is 2. The van der Waals surface area contributed by atoms with E-state index in [-0.39, 0.29) is 18.1 Å². The summed E-state index contributed by atoms with van der Waals surface area (Å²) in [5.41, 5.74) is -0.250. The van der Waals surface area contributed by atoms with Crippen molar-refractivity contribution in [3.8, 4) is 0 Å². The first-order valence-corrected chi connectivity index (χ1v) is 9.80. The van der Waals surface area contributed by atoms with Gasteiger partial charge in [0.25, 0.3) is 0 Å². The predicted octanol–water partition coefficient (Wildman–Crippen LogP) is 1.11. The van der Waals surface area contributed by atoms with Crippen molar-refractivity contribution in [2.24, 2.45) is 4.99 Å². The molecule has 0 saturated carbocycles. The quantitative estimate of drug-likeness (QED) is 0.520. The molecule has 1 fully saturated rings. The van der Waals surface area contributed by atoms with Crippen LogP contribution in [-0.4, -0.2) is 76.4 Å². The van der Waals surface area contributed by atoms with Crippen molar-refractivity contribution in [3.63, 3.8) is 0 Å². The van der Waals surface area contributed by atoms with E-state index in [1.165, 1.54) is 4.88 Å². The first-order chi connectivity index (χ1) is 12.5. The number of guanidine groups is 1. The van der Waals surface area contributed by atoms with Crippen molar-refractivity contribution in [2.45, 2.75) is 24.9 Å². The third-order valence-electron chi connectivity index (χ3n) is 4.53. The van der Waals surface area contributed by atoms with Crippen LogP contribution < -0.4 is 10.6 Å². The zero-order valence-corrected chi connectivity index (χ0v) is 16.7. The lowest BCUT2D eigenvalue weighted by molar-refractivity contribution is -0.127. The molecule has 2 rings (SSSR count). The van der Waals surface area contributed by atoms with Crippen LogP contribution >= 0.6 is 11.3 Å². The van der Waals surface area contributed by atoms with Crippen molar-refractivity contribution >= 4 is 23.2 Å². The maximum Gasteiger partial charge on any atom is 0.243 e. The summed E-state index contributed by atoms with van der Waals surface area (Å²) in [6, 6.07) is 4.17. The average molecular weight is 383 g/mol. The van der Waals surface area contributed by atoms with E-state index < -0.39 is 0 Å². The number of amides is 1. The second-order valence-electron chi connectivity index (χ2n) is 6.56. The van der Waals surface area contributed by atoms with Crippen LogP contribution in [0.2, 0.25) is 0 Å². The monoisotopic (exact) mass is 382 g/mol. The van der Waals surface area contributed by atoms with E-state index in [9.17, 15) is 4.79 Å². The number of thiophene rings is 1. The summed E-state index contributed by atoms with van der Waals surface area (Å²) >= 11 is 1.74. The summed E-state index contributed by atoms with van der Waals surface area (Å²) < 4.78 is 11.2. The van der Waals surface area contributed by atoms with E-state index in [0.717, 1.165) is 25.8 Å². The molecule has 0 unspecified atom stereocenters. The third kappa shape index (κ3) is 6.59. The Morgan fingerprint density at radius 3 is 2.77 bits per heavy atom. The molecule has 0 spiro atoms. The molecule has 1 aliphatic rings. The number of likely N-dealkylation sites (N-methyl/N-ethyl adjacent to an activating group) is 1. The smallest absolute Gasteiger partial charge is 0.243 e. The van der Waals surface area contributed by atoms with Crippen LogP contribution in [0.1, 0.15) is 17.7 Å². The topological polar surface area (TPSA) is 75.2 Å². The number of nitrogens with zero attached hydrogens (tertiary/aromatic N) is 2. The lowest BCUT2D eigenvalue weighted by Gasteiger charge is -2.36. The molecular formula is C18H30N4O3S. The maximum absolute atomic E-state index is 11.9. The standard InChI is InChI=1S/C18H30N4O3S/c1-22(2)16(23)13-20-17(19-9-6-15-5-4-12-26-15)21-14-18(24-3)7-10-25-11-8-18/h4-5,12H,6-11,13-14H2,1-3H3,(H2,19,20,21). The molecule has 1 saturated heterocycles. The molecule has 2 heterocycles. The summed E-state index contributed by atoms with van der Waals surface area (Å²) in [6.07, 6.45) is 2.61. The fraction of sp³-hybridized carbons (Fsp3) is 0.667. The van der Waals surface area contributed by atoms with E-state index >= 15 is 0 Å². The van der Waals surface area contributed by atoms with Crippen LogP contribution in [0.4, 0.5) is 0 Å². The molecule has 146 valence electrons. The molecule has 1 aromatic rings. The molecule has 0 aromatic carbocycles.